The molecule has 6 nitrogen and oxygen atoms in total. The number of carbonyl (C=O) groups excluding carboxylic acids is 1. The van der Waals surface area contributed by atoms with Gasteiger partial charge >= 0.3 is 6.03 Å². The van der Waals surface area contributed by atoms with Crippen LogP contribution < -0.4 is 16.4 Å². The van der Waals surface area contributed by atoms with E-state index >= 15 is 0 Å². The van der Waals surface area contributed by atoms with E-state index in [0.29, 0.717) is 19.8 Å². The number of hydrogen-bond acceptors (Lipinski definition) is 3. The highest BCUT2D eigenvalue weighted by atomic mass is 16.5. The monoisotopic (exact) mass is 228 g/mol. The lowest BCUT2D eigenvalue weighted by Crippen LogP contribution is -2.48. The number of nitrogens with one attached hydrogen (secondary N) is 3. The molecule has 0 aromatic heterocycles. The van der Waals surface area contributed by atoms with Crippen molar-refractivity contribution < 1.29 is 9.53 Å². The molecule has 0 aliphatic carbocycles. The van der Waals surface area contributed by atoms with Crippen molar-refractivity contribution in [1.29, 1.82) is 5.41 Å². The SMILES string of the molecule is CC(C)(CNC(=O)NC1CCOC1)C(=N)N. The molecule has 92 valence electrons. The molecule has 0 saturated carbocycles. The summed E-state index contributed by atoms with van der Waals surface area (Å²) in [5.74, 6) is 0.0667. The molecule has 1 atom stereocenters. The Morgan fingerprint density at radius 2 is 2.31 bits per heavy atom. The molecular formula is C10H20N4O2. The first kappa shape index (κ1) is 12.8. The van der Waals surface area contributed by atoms with Gasteiger partial charge in [-0.15, -0.1) is 0 Å². The van der Waals surface area contributed by atoms with Gasteiger partial charge in [-0.05, 0) is 6.42 Å². The van der Waals surface area contributed by atoms with E-state index in [1.807, 2.05) is 13.8 Å². The number of amidine groups is 1. The number of carbonyl (C=O) groups is 1. The highest BCUT2D eigenvalue weighted by Gasteiger charge is 2.23. The summed E-state index contributed by atoms with van der Waals surface area (Å²) in [5.41, 5.74) is 4.90. The lowest BCUT2D eigenvalue weighted by molar-refractivity contribution is 0.188. The summed E-state index contributed by atoms with van der Waals surface area (Å²) in [5, 5.41) is 12.9. The van der Waals surface area contributed by atoms with E-state index in [9.17, 15) is 4.79 Å². The Hall–Kier alpha value is -1.30. The standard InChI is InChI=1S/C10H20N4O2/c1-10(2,8(11)12)6-13-9(15)14-7-3-4-16-5-7/h7H,3-6H2,1-2H3,(H3,11,12)(H2,13,14,15). The molecule has 0 bridgehead atoms. The van der Waals surface area contributed by atoms with E-state index in [-0.39, 0.29) is 17.9 Å². The second-order valence-electron chi connectivity index (χ2n) is 4.69. The Morgan fingerprint density at radius 3 is 2.81 bits per heavy atom. The summed E-state index contributed by atoms with van der Waals surface area (Å²) in [4.78, 5) is 11.5. The van der Waals surface area contributed by atoms with Crippen LogP contribution in [0.2, 0.25) is 0 Å². The Morgan fingerprint density at radius 1 is 1.62 bits per heavy atom. The lowest BCUT2D eigenvalue weighted by Gasteiger charge is -2.23. The van der Waals surface area contributed by atoms with E-state index in [1.165, 1.54) is 0 Å². The molecule has 0 aromatic rings. The fourth-order valence-electron chi connectivity index (χ4n) is 1.28. The average Bonchev–Trinajstić information content (AvgIpc) is 2.67. The van der Waals surface area contributed by atoms with Gasteiger partial charge in [-0.1, -0.05) is 13.8 Å². The van der Waals surface area contributed by atoms with Crippen LogP contribution >= 0.6 is 0 Å². The zero-order valence-electron chi connectivity index (χ0n) is 9.80. The molecule has 6 heteroatoms. The Kier molecular flexibility index (Phi) is 4.12. The van der Waals surface area contributed by atoms with E-state index in [4.69, 9.17) is 15.9 Å². The normalized spacial score (nSPS) is 20.5. The van der Waals surface area contributed by atoms with Gasteiger partial charge < -0.3 is 21.1 Å². The number of urea groups is 1. The van der Waals surface area contributed by atoms with Crippen molar-refractivity contribution in [3.8, 4) is 0 Å². The van der Waals surface area contributed by atoms with Gasteiger partial charge in [0.1, 0.15) is 0 Å². The number of hydrogen-bond donors (Lipinski definition) is 4. The van der Waals surface area contributed by atoms with E-state index in [1.54, 1.807) is 0 Å². The minimum atomic E-state index is -0.510. The molecule has 1 rings (SSSR count). The van der Waals surface area contributed by atoms with Crippen molar-refractivity contribution in [2.24, 2.45) is 11.1 Å². The Labute approximate surface area is 95.4 Å². The van der Waals surface area contributed by atoms with Crippen molar-refractivity contribution in [2.75, 3.05) is 19.8 Å². The first-order valence-electron chi connectivity index (χ1n) is 5.38. The summed E-state index contributed by atoms with van der Waals surface area (Å²) in [6, 6.07) is -0.134. The molecule has 0 aromatic carbocycles. The van der Waals surface area contributed by atoms with Gasteiger partial charge in [0.2, 0.25) is 0 Å². The van der Waals surface area contributed by atoms with Crippen LogP contribution in [0.25, 0.3) is 0 Å². The van der Waals surface area contributed by atoms with Crippen LogP contribution in [-0.2, 0) is 4.74 Å². The number of rotatable bonds is 4. The maximum Gasteiger partial charge on any atom is 0.315 e. The second kappa shape index (κ2) is 5.16. The highest BCUT2D eigenvalue weighted by molar-refractivity contribution is 5.84. The van der Waals surface area contributed by atoms with Gasteiger partial charge in [0.25, 0.3) is 0 Å². The molecule has 2 amide bonds. The second-order valence-corrected chi connectivity index (χ2v) is 4.69. The van der Waals surface area contributed by atoms with E-state index < -0.39 is 5.41 Å². The minimum Gasteiger partial charge on any atom is -0.387 e. The van der Waals surface area contributed by atoms with Gasteiger partial charge in [-0.3, -0.25) is 5.41 Å². The Balaban J connectivity index is 2.26. The van der Waals surface area contributed by atoms with Crippen molar-refractivity contribution in [2.45, 2.75) is 26.3 Å². The molecule has 1 fully saturated rings. The topological polar surface area (TPSA) is 100 Å². The van der Waals surface area contributed by atoms with Crippen LogP contribution in [0.15, 0.2) is 0 Å². The average molecular weight is 228 g/mol. The van der Waals surface area contributed by atoms with Crippen molar-refractivity contribution in [3.05, 3.63) is 0 Å². The fourth-order valence-corrected chi connectivity index (χ4v) is 1.28. The molecule has 1 saturated heterocycles. The van der Waals surface area contributed by atoms with Crippen LogP contribution in [0.4, 0.5) is 4.79 Å². The predicted molar refractivity (Wildman–Crippen MR) is 61.5 cm³/mol. The van der Waals surface area contributed by atoms with Gasteiger partial charge in [-0.25, -0.2) is 4.79 Å². The third-order valence-corrected chi connectivity index (χ3v) is 2.68. The quantitative estimate of drug-likeness (QED) is 0.403. The molecular weight excluding hydrogens is 208 g/mol. The first-order chi connectivity index (χ1) is 7.42. The highest BCUT2D eigenvalue weighted by Crippen LogP contribution is 2.12. The van der Waals surface area contributed by atoms with Crippen LogP contribution in [-0.4, -0.2) is 37.7 Å². The maximum absolute atomic E-state index is 11.5. The van der Waals surface area contributed by atoms with Crippen molar-refractivity contribution in [1.82, 2.24) is 10.6 Å². The predicted octanol–water partition coefficient (Wildman–Crippen LogP) is 0.0367. The molecule has 16 heavy (non-hydrogen) atoms. The molecule has 1 aliphatic heterocycles. The molecule has 1 heterocycles. The van der Waals surface area contributed by atoms with Gasteiger partial charge in [0, 0.05) is 18.6 Å². The minimum absolute atomic E-state index is 0.0667. The first-order valence-corrected chi connectivity index (χ1v) is 5.38. The van der Waals surface area contributed by atoms with Crippen LogP contribution in [0.5, 0.6) is 0 Å². The van der Waals surface area contributed by atoms with Crippen LogP contribution in [0.3, 0.4) is 0 Å². The van der Waals surface area contributed by atoms with Gasteiger partial charge in [0.05, 0.1) is 18.5 Å². The lowest BCUT2D eigenvalue weighted by atomic mass is 9.92. The summed E-state index contributed by atoms with van der Waals surface area (Å²) in [6.07, 6.45) is 0.851. The van der Waals surface area contributed by atoms with Crippen LogP contribution in [0.1, 0.15) is 20.3 Å². The van der Waals surface area contributed by atoms with Crippen molar-refractivity contribution >= 4 is 11.9 Å². The molecule has 0 spiro atoms. The van der Waals surface area contributed by atoms with Gasteiger partial charge in [-0.2, -0.15) is 0 Å². The summed E-state index contributed by atoms with van der Waals surface area (Å²) >= 11 is 0. The van der Waals surface area contributed by atoms with Crippen LogP contribution in [0, 0.1) is 10.8 Å². The third-order valence-electron chi connectivity index (χ3n) is 2.68. The van der Waals surface area contributed by atoms with Gasteiger partial charge in [0.15, 0.2) is 0 Å². The molecule has 1 aliphatic rings. The number of amides is 2. The zero-order chi connectivity index (χ0) is 12.2. The smallest absolute Gasteiger partial charge is 0.315 e. The summed E-state index contributed by atoms with van der Waals surface area (Å²) in [6.45, 7) is 5.25. The third kappa shape index (κ3) is 3.69. The zero-order valence-corrected chi connectivity index (χ0v) is 9.80. The molecule has 5 N–H and O–H groups in total. The molecule has 0 radical (unpaired) electrons. The number of ether oxygens (including phenoxy) is 1. The summed E-state index contributed by atoms with van der Waals surface area (Å²) in [7, 11) is 0. The van der Waals surface area contributed by atoms with E-state index in [0.717, 1.165) is 6.42 Å². The number of nitrogens with two attached hydrogens (primary N) is 1. The van der Waals surface area contributed by atoms with Crippen molar-refractivity contribution in [3.63, 3.8) is 0 Å². The Bertz CT molecular complexity index is 272. The largest absolute Gasteiger partial charge is 0.387 e. The van der Waals surface area contributed by atoms with E-state index in [2.05, 4.69) is 10.6 Å². The summed E-state index contributed by atoms with van der Waals surface area (Å²) < 4.78 is 5.14. The fraction of sp³-hybridized carbons (Fsp3) is 0.800. The molecule has 1 unspecified atom stereocenters. The maximum atomic E-state index is 11.5.